The Balaban J connectivity index is 1.46. The summed E-state index contributed by atoms with van der Waals surface area (Å²) in [5.74, 6) is -0.670. The van der Waals surface area contributed by atoms with Crippen LogP contribution in [0.5, 0.6) is 5.75 Å². The number of ether oxygens (including phenoxy) is 1. The van der Waals surface area contributed by atoms with Crippen molar-refractivity contribution in [1.82, 2.24) is 9.21 Å². The van der Waals surface area contributed by atoms with Crippen LogP contribution in [-0.2, 0) is 14.8 Å². The van der Waals surface area contributed by atoms with Crippen molar-refractivity contribution in [2.45, 2.75) is 31.3 Å². The number of nitrogens with one attached hydrogen (secondary N) is 1. The Kier molecular flexibility index (Phi) is 5.91. The zero-order chi connectivity index (χ0) is 23.0. The lowest BCUT2D eigenvalue weighted by Gasteiger charge is -2.34. The van der Waals surface area contributed by atoms with Crippen molar-refractivity contribution in [2.24, 2.45) is 0 Å². The normalized spacial score (nSPS) is 19.2. The number of halogens is 1. The molecule has 0 aromatic heterocycles. The van der Waals surface area contributed by atoms with Crippen LogP contribution in [-0.4, -0.2) is 61.7 Å². The minimum absolute atomic E-state index is 0.0375. The van der Waals surface area contributed by atoms with E-state index in [0.717, 1.165) is 0 Å². The molecule has 10 heteroatoms. The van der Waals surface area contributed by atoms with Crippen molar-refractivity contribution in [3.63, 3.8) is 0 Å². The van der Waals surface area contributed by atoms with Gasteiger partial charge in [0.05, 0.1) is 10.6 Å². The van der Waals surface area contributed by atoms with Crippen LogP contribution in [0.4, 0.5) is 10.1 Å². The van der Waals surface area contributed by atoms with Gasteiger partial charge in [-0.25, -0.2) is 12.8 Å². The number of carbonyl (C=O) groups is 2. The van der Waals surface area contributed by atoms with Gasteiger partial charge in [-0.1, -0.05) is 13.0 Å². The fraction of sp³-hybridized carbons (Fsp3) is 0.364. The molecule has 8 nitrogen and oxygen atoms in total. The fourth-order valence-corrected chi connectivity index (χ4v) is 5.20. The molecular formula is C22H24FN3O5S. The molecule has 1 N–H and O–H groups in total. The van der Waals surface area contributed by atoms with Crippen LogP contribution in [0.2, 0.25) is 0 Å². The molecule has 1 atom stereocenters. The molecule has 0 saturated carbocycles. The van der Waals surface area contributed by atoms with Crippen LogP contribution in [0.3, 0.4) is 0 Å². The first kappa shape index (κ1) is 22.2. The lowest BCUT2D eigenvalue weighted by Crippen LogP contribution is -2.50. The molecule has 2 amide bonds. The predicted octanol–water partition coefficient (Wildman–Crippen LogP) is 2.39. The van der Waals surface area contributed by atoms with Crippen molar-refractivity contribution < 1.29 is 27.1 Å². The quantitative estimate of drug-likeness (QED) is 0.754. The van der Waals surface area contributed by atoms with Crippen LogP contribution >= 0.6 is 0 Å². The van der Waals surface area contributed by atoms with Gasteiger partial charge < -0.3 is 15.0 Å². The lowest BCUT2D eigenvalue weighted by molar-refractivity contribution is -0.123. The number of benzene rings is 2. The molecule has 1 fully saturated rings. The molecule has 4 rings (SSSR count). The zero-order valence-electron chi connectivity index (χ0n) is 17.8. The molecule has 0 radical (unpaired) electrons. The Morgan fingerprint density at radius 2 is 1.88 bits per heavy atom. The summed E-state index contributed by atoms with van der Waals surface area (Å²) in [6.07, 6.45) is -0.0959. The SMILES string of the molecule is CCC1Oc2ccc(S(=O)(=O)N3CCN(C(=O)c4ccc(C)c(F)c4)CC3)cc2NC1=O. The maximum absolute atomic E-state index is 13.8. The zero-order valence-corrected chi connectivity index (χ0v) is 18.6. The molecule has 0 spiro atoms. The Hall–Kier alpha value is -2.98. The van der Waals surface area contributed by atoms with Crippen molar-refractivity contribution in [3.8, 4) is 5.75 Å². The monoisotopic (exact) mass is 461 g/mol. The standard InChI is InChI=1S/C22H24FN3O5S/c1-3-19-21(27)24-18-13-16(6-7-20(18)31-19)32(29,30)26-10-8-25(9-11-26)22(28)15-5-4-14(2)17(23)12-15/h4-7,12-13,19H,3,8-11H2,1-2H3,(H,24,27). The summed E-state index contributed by atoms with van der Waals surface area (Å²) in [6, 6.07) is 8.69. The molecule has 170 valence electrons. The highest BCUT2D eigenvalue weighted by Crippen LogP contribution is 2.33. The van der Waals surface area contributed by atoms with Crippen LogP contribution in [0.1, 0.15) is 29.3 Å². The highest BCUT2D eigenvalue weighted by Gasteiger charge is 2.32. The molecule has 1 unspecified atom stereocenters. The van der Waals surface area contributed by atoms with E-state index in [2.05, 4.69) is 5.32 Å². The average molecular weight is 462 g/mol. The minimum Gasteiger partial charge on any atom is -0.478 e. The number of piperazine rings is 1. The first-order valence-electron chi connectivity index (χ1n) is 10.4. The van der Waals surface area contributed by atoms with E-state index in [1.54, 1.807) is 19.1 Å². The Labute approximate surface area is 186 Å². The second-order valence-corrected chi connectivity index (χ2v) is 9.76. The van der Waals surface area contributed by atoms with Crippen molar-refractivity contribution in [3.05, 3.63) is 53.3 Å². The molecule has 0 bridgehead atoms. The van der Waals surface area contributed by atoms with Gasteiger partial charge in [0.2, 0.25) is 10.0 Å². The molecule has 2 aliphatic heterocycles. The van der Waals surface area contributed by atoms with Gasteiger partial charge >= 0.3 is 0 Å². The van der Waals surface area contributed by atoms with Gasteiger partial charge in [-0.2, -0.15) is 4.31 Å². The average Bonchev–Trinajstić information content (AvgIpc) is 2.79. The van der Waals surface area contributed by atoms with Gasteiger partial charge in [0.25, 0.3) is 11.8 Å². The number of hydrogen-bond donors (Lipinski definition) is 1. The van der Waals surface area contributed by atoms with Gasteiger partial charge in [0.15, 0.2) is 6.10 Å². The van der Waals surface area contributed by atoms with Gasteiger partial charge in [0, 0.05) is 31.7 Å². The lowest BCUT2D eigenvalue weighted by atomic mass is 10.1. The van der Waals surface area contributed by atoms with Crippen LogP contribution < -0.4 is 10.1 Å². The third-order valence-corrected chi connectivity index (χ3v) is 7.62. The predicted molar refractivity (Wildman–Crippen MR) is 116 cm³/mol. The molecule has 0 aliphatic carbocycles. The minimum atomic E-state index is -3.83. The van der Waals surface area contributed by atoms with Gasteiger partial charge in [-0.3, -0.25) is 9.59 Å². The van der Waals surface area contributed by atoms with Crippen LogP contribution in [0.25, 0.3) is 0 Å². The summed E-state index contributed by atoms with van der Waals surface area (Å²) in [5, 5.41) is 2.69. The second-order valence-electron chi connectivity index (χ2n) is 7.82. The number of hydrogen-bond acceptors (Lipinski definition) is 5. The fourth-order valence-electron chi connectivity index (χ4n) is 3.75. The van der Waals surface area contributed by atoms with Crippen molar-refractivity contribution in [1.29, 1.82) is 0 Å². The number of carbonyl (C=O) groups excluding carboxylic acids is 2. The molecule has 2 aromatic rings. The Morgan fingerprint density at radius 1 is 1.16 bits per heavy atom. The first-order chi connectivity index (χ1) is 15.2. The van der Waals surface area contributed by atoms with Gasteiger partial charge in [-0.15, -0.1) is 0 Å². The molecule has 2 heterocycles. The largest absolute Gasteiger partial charge is 0.478 e. The number of nitrogens with zero attached hydrogens (tertiary/aromatic N) is 2. The van der Waals surface area contributed by atoms with Gasteiger partial charge in [0.1, 0.15) is 11.6 Å². The number of sulfonamides is 1. The maximum Gasteiger partial charge on any atom is 0.265 e. The second kappa shape index (κ2) is 8.51. The van der Waals surface area contributed by atoms with E-state index in [0.29, 0.717) is 23.4 Å². The molecular weight excluding hydrogens is 437 g/mol. The number of anilines is 1. The third kappa shape index (κ3) is 4.07. The summed E-state index contributed by atoms with van der Waals surface area (Å²) >= 11 is 0. The summed E-state index contributed by atoms with van der Waals surface area (Å²) in [6.45, 7) is 4.05. The molecule has 1 saturated heterocycles. The van der Waals surface area contributed by atoms with E-state index >= 15 is 0 Å². The summed E-state index contributed by atoms with van der Waals surface area (Å²) in [7, 11) is -3.83. The smallest absolute Gasteiger partial charge is 0.265 e. The molecule has 2 aliphatic rings. The third-order valence-electron chi connectivity index (χ3n) is 5.72. The number of amides is 2. The van der Waals surface area contributed by atoms with E-state index in [-0.39, 0.29) is 48.5 Å². The highest BCUT2D eigenvalue weighted by atomic mass is 32.2. The van der Waals surface area contributed by atoms with Crippen molar-refractivity contribution >= 4 is 27.5 Å². The summed E-state index contributed by atoms with van der Waals surface area (Å²) in [5.41, 5.74) is 1.01. The van der Waals surface area contributed by atoms with Crippen molar-refractivity contribution in [2.75, 3.05) is 31.5 Å². The van der Waals surface area contributed by atoms with E-state index in [9.17, 15) is 22.4 Å². The van der Waals surface area contributed by atoms with E-state index in [4.69, 9.17) is 4.74 Å². The number of aryl methyl sites for hydroxylation is 1. The Morgan fingerprint density at radius 3 is 2.53 bits per heavy atom. The number of rotatable bonds is 4. The highest BCUT2D eigenvalue weighted by molar-refractivity contribution is 7.89. The first-order valence-corrected chi connectivity index (χ1v) is 11.8. The molecule has 32 heavy (non-hydrogen) atoms. The number of fused-ring (bicyclic) bond motifs is 1. The Bertz CT molecular complexity index is 1180. The van der Waals surface area contributed by atoms with E-state index in [1.165, 1.54) is 33.5 Å². The maximum atomic E-state index is 13.8. The van der Waals surface area contributed by atoms with E-state index < -0.39 is 21.9 Å². The topological polar surface area (TPSA) is 96.0 Å². The van der Waals surface area contributed by atoms with Gasteiger partial charge in [-0.05, 0) is 49.2 Å². The summed E-state index contributed by atoms with van der Waals surface area (Å²) in [4.78, 5) is 26.3. The van der Waals surface area contributed by atoms with E-state index in [1.807, 2.05) is 6.92 Å². The van der Waals surface area contributed by atoms with Crippen LogP contribution in [0.15, 0.2) is 41.3 Å². The van der Waals surface area contributed by atoms with Crippen LogP contribution in [0, 0.1) is 12.7 Å². The molecule has 2 aromatic carbocycles. The summed E-state index contributed by atoms with van der Waals surface area (Å²) < 4.78 is 47.0.